The van der Waals surface area contributed by atoms with E-state index in [4.69, 9.17) is 4.74 Å². The van der Waals surface area contributed by atoms with Gasteiger partial charge in [0.25, 0.3) is 5.91 Å². The van der Waals surface area contributed by atoms with E-state index in [9.17, 15) is 4.79 Å². The highest BCUT2D eigenvalue weighted by Crippen LogP contribution is 2.14. The van der Waals surface area contributed by atoms with Gasteiger partial charge in [-0.1, -0.05) is 15.9 Å². The van der Waals surface area contributed by atoms with E-state index in [0.717, 1.165) is 4.47 Å². The van der Waals surface area contributed by atoms with Gasteiger partial charge in [-0.2, -0.15) is 0 Å². The molecule has 0 saturated carbocycles. The van der Waals surface area contributed by atoms with Gasteiger partial charge in [0.15, 0.2) is 0 Å². The summed E-state index contributed by atoms with van der Waals surface area (Å²) in [5.41, 5.74) is 1.22. The van der Waals surface area contributed by atoms with E-state index in [-0.39, 0.29) is 5.91 Å². The summed E-state index contributed by atoms with van der Waals surface area (Å²) in [5.74, 6) is 0.339. The van der Waals surface area contributed by atoms with Gasteiger partial charge in [-0.05, 0) is 30.3 Å². The molecule has 0 radical (unpaired) electrons. The minimum atomic E-state index is -0.172. The largest absolute Gasteiger partial charge is 0.481 e. The fourth-order valence-corrected chi connectivity index (χ4v) is 1.64. The van der Waals surface area contributed by atoms with E-state index < -0.39 is 0 Å². The number of rotatable bonds is 3. The van der Waals surface area contributed by atoms with Crippen molar-refractivity contribution in [3.05, 3.63) is 52.6 Å². The number of halogens is 1. The lowest BCUT2D eigenvalue weighted by Gasteiger charge is -2.05. The summed E-state index contributed by atoms with van der Waals surface area (Å²) in [7, 11) is 1.54. The van der Waals surface area contributed by atoms with Gasteiger partial charge < -0.3 is 10.1 Å². The zero-order valence-corrected chi connectivity index (χ0v) is 11.3. The van der Waals surface area contributed by atoms with Crippen LogP contribution in [0.4, 0.5) is 5.69 Å². The van der Waals surface area contributed by atoms with Crippen LogP contribution in [0.1, 0.15) is 10.4 Å². The van der Waals surface area contributed by atoms with Crippen LogP contribution in [-0.2, 0) is 0 Å². The molecule has 1 heterocycles. The number of hydrogen-bond donors (Lipinski definition) is 1. The molecule has 2 rings (SSSR count). The monoisotopic (exact) mass is 306 g/mol. The predicted octanol–water partition coefficient (Wildman–Crippen LogP) is 3.11. The number of nitrogens with one attached hydrogen (secondary N) is 1. The molecular formula is C13H11BrN2O2. The number of ether oxygens (including phenoxy) is 1. The Morgan fingerprint density at radius 2 is 1.94 bits per heavy atom. The van der Waals surface area contributed by atoms with Gasteiger partial charge in [0.2, 0.25) is 5.88 Å². The summed E-state index contributed by atoms with van der Waals surface area (Å²) in [4.78, 5) is 15.9. The average Bonchev–Trinajstić information content (AvgIpc) is 2.40. The number of pyridine rings is 1. The molecule has 18 heavy (non-hydrogen) atoms. The quantitative estimate of drug-likeness (QED) is 0.948. The number of aromatic nitrogens is 1. The third-order valence-electron chi connectivity index (χ3n) is 2.31. The maximum atomic E-state index is 11.9. The Morgan fingerprint density at radius 3 is 2.50 bits per heavy atom. The SMILES string of the molecule is COc1ccc(NC(=O)c2ccc(Br)cc2)cn1. The Morgan fingerprint density at radius 1 is 1.22 bits per heavy atom. The molecule has 0 bridgehead atoms. The lowest BCUT2D eigenvalue weighted by atomic mass is 10.2. The van der Waals surface area contributed by atoms with Crippen LogP contribution in [0.15, 0.2) is 47.1 Å². The molecule has 1 amide bonds. The van der Waals surface area contributed by atoms with E-state index >= 15 is 0 Å². The van der Waals surface area contributed by atoms with Gasteiger partial charge in [0.1, 0.15) is 0 Å². The van der Waals surface area contributed by atoms with E-state index in [2.05, 4.69) is 26.2 Å². The Labute approximate surface area is 113 Å². The van der Waals surface area contributed by atoms with Gasteiger partial charge in [-0.15, -0.1) is 0 Å². The number of amides is 1. The first-order valence-corrected chi connectivity index (χ1v) is 6.05. The van der Waals surface area contributed by atoms with Crippen molar-refractivity contribution in [1.29, 1.82) is 0 Å². The van der Waals surface area contributed by atoms with Crippen molar-refractivity contribution in [3.63, 3.8) is 0 Å². The highest BCUT2D eigenvalue weighted by Gasteiger charge is 2.05. The number of anilines is 1. The summed E-state index contributed by atoms with van der Waals surface area (Å²) in [6, 6.07) is 10.6. The smallest absolute Gasteiger partial charge is 0.255 e. The van der Waals surface area contributed by atoms with Gasteiger partial charge in [-0.25, -0.2) is 4.98 Å². The minimum absolute atomic E-state index is 0.172. The molecule has 4 nitrogen and oxygen atoms in total. The first-order chi connectivity index (χ1) is 8.69. The molecule has 0 spiro atoms. The lowest BCUT2D eigenvalue weighted by molar-refractivity contribution is 0.102. The summed E-state index contributed by atoms with van der Waals surface area (Å²) in [6.45, 7) is 0. The third-order valence-corrected chi connectivity index (χ3v) is 2.84. The van der Waals surface area contributed by atoms with E-state index in [1.165, 1.54) is 0 Å². The summed E-state index contributed by atoms with van der Waals surface area (Å²) in [6.07, 6.45) is 1.55. The maximum Gasteiger partial charge on any atom is 0.255 e. The van der Waals surface area contributed by atoms with Crippen LogP contribution in [0.5, 0.6) is 5.88 Å². The maximum absolute atomic E-state index is 11.9. The standard InChI is InChI=1S/C13H11BrN2O2/c1-18-12-7-6-11(8-15-12)16-13(17)9-2-4-10(14)5-3-9/h2-8H,1H3,(H,16,17). The zero-order chi connectivity index (χ0) is 13.0. The molecular weight excluding hydrogens is 296 g/mol. The number of hydrogen-bond acceptors (Lipinski definition) is 3. The summed E-state index contributed by atoms with van der Waals surface area (Å²) >= 11 is 3.32. The van der Waals surface area contributed by atoms with E-state index in [1.54, 1.807) is 37.6 Å². The van der Waals surface area contributed by atoms with Crippen LogP contribution >= 0.6 is 15.9 Å². The minimum Gasteiger partial charge on any atom is -0.481 e. The number of carbonyl (C=O) groups excluding carboxylic acids is 1. The molecule has 0 aliphatic heterocycles. The van der Waals surface area contributed by atoms with Crippen molar-refractivity contribution in [2.24, 2.45) is 0 Å². The van der Waals surface area contributed by atoms with Crippen LogP contribution in [0.25, 0.3) is 0 Å². The molecule has 0 unspecified atom stereocenters. The fraction of sp³-hybridized carbons (Fsp3) is 0.0769. The molecule has 92 valence electrons. The number of carbonyl (C=O) groups is 1. The lowest BCUT2D eigenvalue weighted by Crippen LogP contribution is -2.11. The highest BCUT2D eigenvalue weighted by atomic mass is 79.9. The Hall–Kier alpha value is -1.88. The van der Waals surface area contributed by atoms with Gasteiger partial charge >= 0.3 is 0 Å². The number of benzene rings is 1. The normalized spacial score (nSPS) is 9.89. The van der Waals surface area contributed by atoms with Crippen LogP contribution in [-0.4, -0.2) is 18.0 Å². The molecule has 1 aromatic carbocycles. The fourth-order valence-electron chi connectivity index (χ4n) is 1.38. The molecule has 0 aliphatic carbocycles. The Bertz CT molecular complexity index is 538. The van der Waals surface area contributed by atoms with Crippen LogP contribution < -0.4 is 10.1 Å². The van der Waals surface area contributed by atoms with Crippen molar-refractivity contribution in [2.45, 2.75) is 0 Å². The van der Waals surface area contributed by atoms with Crippen molar-refractivity contribution in [3.8, 4) is 5.88 Å². The van der Waals surface area contributed by atoms with Gasteiger partial charge in [0, 0.05) is 16.1 Å². The van der Waals surface area contributed by atoms with Crippen molar-refractivity contribution >= 4 is 27.5 Å². The van der Waals surface area contributed by atoms with Crippen molar-refractivity contribution in [1.82, 2.24) is 4.98 Å². The van der Waals surface area contributed by atoms with E-state index in [0.29, 0.717) is 17.1 Å². The molecule has 1 N–H and O–H groups in total. The van der Waals surface area contributed by atoms with Crippen molar-refractivity contribution < 1.29 is 9.53 Å². The first kappa shape index (κ1) is 12.6. The number of nitrogens with zero attached hydrogens (tertiary/aromatic N) is 1. The molecule has 0 atom stereocenters. The molecule has 0 saturated heterocycles. The van der Waals surface area contributed by atoms with E-state index in [1.807, 2.05) is 12.1 Å². The van der Waals surface area contributed by atoms with Gasteiger partial charge in [-0.3, -0.25) is 4.79 Å². The molecule has 0 fully saturated rings. The predicted molar refractivity (Wildman–Crippen MR) is 72.9 cm³/mol. The second kappa shape index (κ2) is 5.64. The molecule has 5 heteroatoms. The van der Waals surface area contributed by atoms with Crippen LogP contribution in [0.3, 0.4) is 0 Å². The van der Waals surface area contributed by atoms with Crippen LogP contribution in [0.2, 0.25) is 0 Å². The summed E-state index contributed by atoms with van der Waals surface area (Å²) < 4.78 is 5.88. The van der Waals surface area contributed by atoms with Crippen molar-refractivity contribution in [2.75, 3.05) is 12.4 Å². The average molecular weight is 307 g/mol. The number of methoxy groups -OCH3 is 1. The first-order valence-electron chi connectivity index (χ1n) is 5.26. The zero-order valence-electron chi connectivity index (χ0n) is 9.68. The molecule has 0 aliphatic rings. The Balaban J connectivity index is 2.08. The topological polar surface area (TPSA) is 51.2 Å². The second-order valence-electron chi connectivity index (χ2n) is 3.55. The molecule has 1 aromatic heterocycles. The van der Waals surface area contributed by atoms with Gasteiger partial charge in [0.05, 0.1) is 19.0 Å². The Kier molecular flexibility index (Phi) is 3.94. The summed E-state index contributed by atoms with van der Waals surface area (Å²) in [5, 5.41) is 2.76. The highest BCUT2D eigenvalue weighted by molar-refractivity contribution is 9.10. The third kappa shape index (κ3) is 3.07. The van der Waals surface area contributed by atoms with Crippen LogP contribution in [0, 0.1) is 0 Å². The molecule has 2 aromatic rings. The second-order valence-corrected chi connectivity index (χ2v) is 4.47.